The summed E-state index contributed by atoms with van der Waals surface area (Å²) >= 11 is 0. The average Bonchev–Trinajstić information content (AvgIpc) is 2.58. The third-order valence-electron chi connectivity index (χ3n) is 2.46. The zero-order chi connectivity index (χ0) is 11.2. The van der Waals surface area contributed by atoms with Gasteiger partial charge in [-0.2, -0.15) is 0 Å². The second kappa shape index (κ2) is 1.85. The van der Waals surface area contributed by atoms with Gasteiger partial charge in [-0.05, 0) is 0 Å². The zero-order valence-electron chi connectivity index (χ0n) is 9.09. The molecular weight excluding hydrogens is 239 g/mol. The van der Waals surface area contributed by atoms with Gasteiger partial charge in [0.05, 0.1) is 0 Å². The molecule has 1 aliphatic rings. The van der Waals surface area contributed by atoms with Crippen LogP contribution in [-0.4, -0.2) is 18.5 Å². The molecular formula is C10H17CoO2Si. The second-order valence-electron chi connectivity index (χ2n) is 5.60. The summed E-state index contributed by atoms with van der Waals surface area (Å²) in [6, 6.07) is 0. The summed E-state index contributed by atoms with van der Waals surface area (Å²) in [7, 11) is -3.71. The van der Waals surface area contributed by atoms with Crippen LogP contribution in [0.1, 0.15) is 6.42 Å². The number of hydrogen-bond donors (Lipinski definition) is 0. The van der Waals surface area contributed by atoms with Gasteiger partial charge in [0.25, 0.3) is 0 Å². The second-order valence-corrected chi connectivity index (χ2v) is 32.3. The third-order valence-corrected chi connectivity index (χ3v) is 11.2. The van der Waals surface area contributed by atoms with Gasteiger partial charge in [0.15, 0.2) is 0 Å². The molecule has 0 unspecified atom stereocenters. The van der Waals surface area contributed by atoms with Gasteiger partial charge >= 0.3 is 82.8 Å². The number of carbonyl (C=O) groups excluding carboxylic acids is 2. The van der Waals surface area contributed by atoms with E-state index in [2.05, 4.69) is 9.65 Å². The molecule has 0 fully saturated rings. The average molecular weight is 256 g/mol. The predicted octanol–water partition coefficient (Wildman–Crippen LogP) is 1.15. The molecule has 4 heteroatoms. The molecule has 1 aliphatic carbocycles. The first-order valence-corrected chi connectivity index (χ1v) is 12.4. The Morgan fingerprint density at radius 3 is 2.07 bits per heavy atom. The quantitative estimate of drug-likeness (QED) is 0.660. The van der Waals surface area contributed by atoms with Gasteiger partial charge in [0.2, 0.25) is 0 Å². The first kappa shape index (κ1) is 11.4. The summed E-state index contributed by atoms with van der Waals surface area (Å²) in [6.45, 7) is 0. The van der Waals surface area contributed by atoms with Crippen molar-refractivity contribution in [2.45, 2.75) is 24.0 Å². The molecule has 0 aromatic carbocycles. The Morgan fingerprint density at radius 2 is 1.79 bits per heavy atom. The topological polar surface area (TPSA) is 34.1 Å². The fourth-order valence-corrected chi connectivity index (χ4v) is 4.62. The standard InChI is InChI=1S/C5H5.2CO.3CH3.Co.H3Si/c1-2-4-5-3-1;2*1-2;;;;;/h1-3H,4H2;;;3*1H3;;1H3. The van der Waals surface area contributed by atoms with Crippen molar-refractivity contribution in [3.63, 3.8) is 0 Å². The fraction of sp³-hybridized carbons (Fsp3) is 0.400. The minimum atomic E-state index is -4.18. The van der Waals surface area contributed by atoms with Crippen molar-refractivity contribution >= 4 is 18.5 Å². The van der Waals surface area contributed by atoms with Gasteiger partial charge in [-0.25, -0.2) is 0 Å². The van der Waals surface area contributed by atoms with Gasteiger partial charge in [-0.3, -0.25) is 0 Å². The molecule has 0 heterocycles. The van der Waals surface area contributed by atoms with E-state index < -0.39 is 7.99 Å². The Kier molecular flexibility index (Phi) is 1.51. The van der Waals surface area contributed by atoms with Crippen molar-refractivity contribution in [2.75, 3.05) is 0 Å². The summed E-state index contributed by atoms with van der Waals surface area (Å²) in [5, 5.41) is 0. The maximum atomic E-state index is 11.4. The Morgan fingerprint density at radius 1 is 1.29 bits per heavy atom. The van der Waals surface area contributed by atoms with E-state index in [0.29, 0.717) is 15.3 Å². The zero-order valence-corrected chi connectivity index (χ0v) is 12.1. The van der Waals surface area contributed by atoms with Crippen LogP contribution in [0.4, 0.5) is 0 Å². The maximum absolute atomic E-state index is 11.4. The number of allylic oxidation sites excluding steroid dienone is 4. The summed E-state index contributed by atoms with van der Waals surface area (Å²) in [4.78, 5) is 27.1. The molecule has 14 heavy (non-hydrogen) atoms. The molecule has 0 spiro atoms. The first-order chi connectivity index (χ1) is 6.00. The summed E-state index contributed by atoms with van der Waals surface area (Å²) in [5.41, 5.74) is 0. The van der Waals surface area contributed by atoms with Crippen molar-refractivity contribution in [1.82, 2.24) is 0 Å². The monoisotopic (exact) mass is 256 g/mol. The van der Waals surface area contributed by atoms with Gasteiger partial charge in [-0.1, -0.05) is 0 Å². The van der Waals surface area contributed by atoms with E-state index in [4.69, 9.17) is 0 Å². The Balaban J connectivity index is 4.14. The summed E-state index contributed by atoms with van der Waals surface area (Å²) in [6.07, 6.45) is 6.42. The van der Waals surface area contributed by atoms with Gasteiger partial charge in [0.1, 0.15) is 0 Å². The Hall–Kier alpha value is -0.637. The number of hydrogen-bond acceptors (Lipinski definition) is 2. The molecule has 0 atom stereocenters. The molecule has 0 aromatic heterocycles. The third kappa shape index (κ3) is 1.32. The fourth-order valence-electron chi connectivity index (χ4n) is 1.13. The molecule has 0 aromatic rings. The van der Waals surface area contributed by atoms with E-state index >= 15 is 0 Å². The summed E-state index contributed by atoms with van der Waals surface area (Å²) < 4.78 is 0.913. The molecule has 0 N–H and O–H groups in total. The van der Waals surface area contributed by atoms with Crippen molar-refractivity contribution in [3.8, 4) is 0 Å². The van der Waals surface area contributed by atoms with Gasteiger partial charge < -0.3 is 0 Å². The van der Waals surface area contributed by atoms with Crippen LogP contribution in [0.2, 0.25) is 17.6 Å². The molecule has 82 valence electrons. The van der Waals surface area contributed by atoms with E-state index in [-0.39, 0.29) is 0 Å². The van der Waals surface area contributed by atoms with Crippen LogP contribution in [0.25, 0.3) is 0 Å². The van der Waals surface area contributed by atoms with Crippen LogP contribution in [-0.2, 0) is 17.6 Å². The van der Waals surface area contributed by atoms with Crippen LogP contribution in [0, 0.1) is 0 Å². The van der Waals surface area contributed by atoms with Gasteiger partial charge in [0, 0.05) is 0 Å². The number of rotatable bonds is 1. The Labute approximate surface area is 83.0 Å². The molecule has 0 bridgehead atoms. The SMILES string of the molecule is [CH3][Co]([CH3])([CH3])([SiH3])(=[C]=O)(=[C]=O)[C]1=CC=CC1. The van der Waals surface area contributed by atoms with E-state index in [1.54, 1.807) is 17.6 Å². The summed E-state index contributed by atoms with van der Waals surface area (Å²) in [5.74, 6) is 5.33. The predicted molar refractivity (Wildman–Crippen MR) is 60.8 cm³/mol. The molecule has 0 amide bonds. The Bertz CT molecular complexity index is 585. The first-order valence-electron chi connectivity index (χ1n) is 3.96. The van der Waals surface area contributed by atoms with Crippen molar-refractivity contribution in [1.29, 1.82) is 0 Å². The van der Waals surface area contributed by atoms with Crippen LogP contribution < -0.4 is 0 Å². The van der Waals surface area contributed by atoms with E-state index in [1.807, 2.05) is 18.2 Å². The van der Waals surface area contributed by atoms with Crippen LogP contribution in [0.15, 0.2) is 22.7 Å². The van der Waals surface area contributed by atoms with Crippen LogP contribution >= 0.6 is 0 Å². The van der Waals surface area contributed by atoms with E-state index in [9.17, 15) is 9.59 Å². The molecule has 2 nitrogen and oxygen atoms in total. The molecule has 0 saturated carbocycles. The van der Waals surface area contributed by atoms with E-state index in [1.165, 1.54) is 0 Å². The van der Waals surface area contributed by atoms with Gasteiger partial charge in [-0.15, -0.1) is 0 Å². The molecule has 0 aliphatic heterocycles. The van der Waals surface area contributed by atoms with Crippen molar-refractivity contribution < 1.29 is 17.6 Å². The molecule has 1 rings (SSSR count). The van der Waals surface area contributed by atoms with Crippen molar-refractivity contribution in [2.24, 2.45) is 0 Å². The van der Waals surface area contributed by atoms with Crippen molar-refractivity contribution in [3.05, 3.63) is 22.7 Å². The minimum absolute atomic E-state index is 0.468. The molecule has 0 radical (unpaired) electrons. The van der Waals surface area contributed by atoms with Crippen LogP contribution in [0.5, 0.6) is 0 Å². The molecule has 0 saturated heterocycles. The van der Waals surface area contributed by atoms with Crippen LogP contribution in [0.3, 0.4) is 0 Å². The van der Waals surface area contributed by atoms with E-state index in [0.717, 1.165) is 4.51 Å². The normalized spacial score (nSPS) is 23.6.